The third kappa shape index (κ3) is 7.91. The first-order chi connectivity index (χ1) is 15.0. The lowest BCUT2D eigenvalue weighted by atomic mass is 9.90. The quantitative estimate of drug-likeness (QED) is 0.246. The Labute approximate surface area is 196 Å². The molecular weight excluding hydrogens is 412 g/mol. The van der Waals surface area contributed by atoms with Crippen molar-refractivity contribution in [2.75, 3.05) is 13.7 Å². The van der Waals surface area contributed by atoms with Gasteiger partial charge in [-0.2, -0.15) is 0 Å². The van der Waals surface area contributed by atoms with Crippen molar-refractivity contribution >= 4 is 8.32 Å². The van der Waals surface area contributed by atoms with Gasteiger partial charge in [0.1, 0.15) is 5.75 Å². The van der Waals surface area contributed by atoms with E-state index in [1.165, 1.54) is 5.56 Å². The Balaban J connectivity index is 2.05. The summed E-state index contributed by atoms with van der Waals surface area (Å²) in [6, 6.07) is 18.7. The molecule has 0 aliphatic heterocycles. The summed E-state index contributed by atoms with van der Waals surface area (Å²) in [6.07, 6.45) is 1.75. The Bertz CT molecular complexity index is 822. The summed E-state index contributed by atoms with van der Waals surface area (Å²) in [5, 5.41) is 0.208. The topological polar surface area (TPSA) is 27.7 Å². The van der Waals surface area contributed by atoms with Crippen LogP contribution in [0.2, 0.25) is 18.1 Å². The number of hydrogen-bond acceptors (Lipinski definition) is 3. The van der Waals surface area contributed by atoms with Gasteiger partial charge in [0.15, 0.2) is 8.32 Å². The lowest BCUT2D eigenvalue weighted by Crippen LogP contribution is -2.41. The molecule has 2 atom stereocenters. The van der Waals surface area contributed by atoms with Crippen LogP contribution in [-0.4, -0.2) is 28.1 Å². The molecule has 0 amide bonds. The van der Waals surface area contributed by atoms with Gasteiger partial charge in [0, 0.05) is 6.61 Å². The third-order valence-electron chi connectivity index (χ3n) is 6.60. The van der Waals surface area contributed by atoms with Gasteiger partial charge in [-0.1, -0.05) is 76.7 Å². The molecule has 2 aromatic rings. The summed E-state index contributed by atoms with van der Waals surface area (Å²) in [7, 11) is -0.0855. The van der Waals surface area contributed by atoms with Gasteiger partial charge in [0.05, 0.1) is 19.8 Å². The second-order valence-electron chi connectivity index (χ2n) is 10.3. The molecule has 0 N–H and O–H groups in total. The molecule has 4 heteroatoms. The largest absolute Gasteiger partial charge is 0.497 e. The Hall–Kier alpha value is -1.88. The summed E-state index contributed by atoms with van der Waals surface area (Å²) in [5.74, 6) is 1.17. The molecule has 0 radical (unpaired) electrons. The average molecular weight is 455 g/mol. The molecule has 0 heterocycles. The molecular formula is C28H42O3Si. The molecule has 2 aromatic carbocycles. The molecule has 0 aliphatic carbocycles. The van der Waals surface area contributed by atoms with Crippen LogP contribution in [0.15, 0.2) is 66.7 Å². The monoisotopic (exact) mass is 454 g/mol. The van der Waals surface area contributed by atoms with Crippen molar-refractivity contribution in [2.45, 2.75) is 71.4 Å². The Morgan fingerprint density at radius 2 is 1.59 bits per heavy atom. The van der Waals surface area contributed by atoms with Gasteiger partial charge in [-0.3, -0.25) is 0 Å². The fraction of sp³-hybridized carbons (Fsp3) is 0.500. The van der Waals surface area contributed by atoms with E-state index < -0.39 is 8.32 Å². The highest BCUT2D eigenvalue weighted by Gasteiger charge is 2.37. The summed E-state index contributed by atoms with van der Waals surface area (Å²) < 4.78 is 18.1. The first-order valence-electron chi connectivity index (χ1n) is 11.6. The van der Waals surface area contributed by atoms with Crippen molar-refractivity contribution in [1.82, 2.24) is 0 Å². The van der Waals surface area contributed by atoms with Crippen LogP contribution in [0, 0.1) is 5.92 Å². The first kappa shape index (κ1) is 26.4. The van der Waals surface area contributed by atoms with E-state index in [1.807, 2.05) is 12.1 Å². The minimum absolute atomic E-state index is 0.0275. The fourth-order valence-corrected chi connectivity index (χ4v) is 4.53. The van der Waals surface area contributed by atoms with E-state index in [0.29, 0.717) is 19.1 Å². The highest BCUT2D eigenvalue weighted by molar-refractivity contribution is 6.74. The van der Waals surface area contributed by atoms with Crippen LogP contribution in [0.4, 0.5) is 0 Å². The van der Waals surface area contributed by atoms with Crippen LogP contribution in [0.5, 0.6) is 5.75 Å². The first-order valence-corrected chi connectivity index (χ1v) is 14.5. The molecule has 0 fully saturated rings. The molecule has 0 aromatic heterocycles. The van der Waals surface area contributed by atoms with Gasteiger partial charge in [-0.25, -0.2) is 0 Å². The van der Waals surface area contributed by atoms with Crippen LogP contribution >= 0.6 is 0 Å². The predicted octanol–water partition coefficient (Wildman–Crippen LogP) is 7.43. The van der Waals surface area contributed by atoms with E-state index in [9.17, 15) is 0 Å². The minimum atomic E-state index is -1.77. The maximum Gasteiger partial charge on any atom is 0.191 e. The number of benzene rings is 2. The Morgan fingerprint density at radius 3 is 2.16 bits per heavy atom. The lowest BCUT2D eigenvalue weighted by Gasteiger charge is -2.36. The Morgan fingerprint density at radius 1 is 0.969 bits per heavy atom. The molecule has 0 saturated heterocycles. The molecule has 2 rings (SSSR count). The summed E-state index contributed by atoms with van der Waals surface area (Å²) in [6.45, 7) is 19.4. The highest BCUT2D eigenvalue weighted by Crippen LogP contribution is 2.37. The van der Waals surface area contributed by atoms with Gasteiger partial charge >= 0.3 is 0 Å². The molecule has 176 valence electrons. The normalized spacial score (nSPS) is 14.1. The van der Waals surface area contributed by atoms with E-state index in [0.717, 1.165) is 29.7 Å². The molecule has 32 heavy (non-hydrogen) atoms. The van der Waals surface area contributed by atoms with E-state index in [1.54, 1.807) is 7.11 Å². The third-order valence-corrected chi connectivity index (χ3v) is 11.1. The standard InChI is InChI=1S/C28H42O3Si/c1-22(18-19-31-32(7,8)28(3,4)5)27(23(2)20-24-12-10-9-11-13-24)30-21-25-14-16-26(29-6)17-15-25/h9-17,23,27H,1,18-21H2,2-8H3/t23-,27-/m1/s1. The van der Waals surface area contributed by atoms with Gasteiger partial charge in [0.25, 0.3) is 0 Å². The predicted molar refractivity (Wildman–Crippen MR) is 138 cm³/mol. The van der Waals surface area contributed by atoms with Crippen molar-refractivity contribution in [3.63, 3.8) is 0 Å². The average Bonchev–Trinajstić information content (AvgIpc) is 2.74. The van der Waals surface area contributed by atoms with E-state index >= 15 is 0 Å². The smallest absolute Gasteiger partial charge is 0.191 e. The van der Waals surface area contributed by atoms with Crippen LogP contribution in [0.25, 0.3) is 0 Å². The SMILES string of the molecule is C=C(CCO[Si](C)(C)C(C)(C)C)[C@@H](OCc1ccc(OC)cc1)[C@H](C)Cc1ccccc1. The highest BCUT2D eigenvalue weighted by atomic mass is 28.4. The Kier molecular flexibility index (Phi) is 9.75. The van der Waals surface area contributed by atoms with Gasteiger partial charge in [0.2, 0.25) is 0 Å². The second-order valence-corrected chi connectivity index (χ2v) is 15.1. The summed E-state index contributed by atoms with van der Waals surface area (Å²) in [4.78, 5) is 0. The second kappa shape index (κ2) is 11.8. The summed E-state index contributed by atoms with van der Waals surface area (Å²) >= 11 is 0. The summed E-state index contributed by atoms with van der Waals surface area (Å²) in [5.41, 5.74) is 3.57. The van der Waals surface area contributed by atoms with Crippen LogP contribution < -0.4 is 4.74 Å². The zero-order valence-corrected chi connectivity index (χ0v) is 22.1. The number of ether oxygens (including phenoxy) is 2. The van der Waals surface area contributed by atoms with Crippen LogP contribution in [0.1, 0.15) is 45.2 Å². The van der Waals surface area contributed by atoms with Crippen molar-refractivity contribution in [3.05, 3.63) is 77.9 Å². The van der Waals surface area contributed by atoms with E-state index in [4.69, 9.17) is 13.9 Å². The van der Waals surface area contributed by atoms with Crippen LogP contribution in [-0.2, 0) is 22.2 Å². The number of methoxy groups -OCH3 is 1. The molecule has 0 spiro atoms. The molecule has 0 unspecified atom stereocenters. The van der Waals surface area contributed by atoms with Gasteiger partial charge < -0.3 is 13.9 Å². The molecule has 0 bridgehead atoms. The maximum atomic E-state index is 6.46. The zero-order chi connectivity index (χ0) is 23.8. The number of rotatable bonds is 12. The van der Waals surface area contributed by atoms with Gasteiger partial charge in [-0.05, 0) is 65.7 Å². The van der Waals surface area contributed by atoms with E-state index in [2.05, 4.69) is 89.8 Å². The molecule has 0 aliphatic rings. The number of hydrogen-bond donors (Lipinski definition) is 0. The fourth-order valence-electron chi connectivity index (χ4n) is 3.48. The molecule has 3 nitrogen and oxygen atoms in total. The lowest BCUT2D eigenvalue weighted by molar-refractivity contribution is 0.0272. The van der Waals surface area contributed by atoms with Crippen LogP contribution in [0.3, 0.4) is 0 Å². The minimum Gasteiger partial charge on any atom is -0.497 e. The van der Waals surface area contributed by atoms with Crippen molar-refractivity contribution in [2.24, 2.45) is 5.92 Å². The van der Waals surface area contributed by atoms with Gasteiger partial charge in [-0.15, -0.1) is 0 Å². The van der Waals surface area contributed by atoms with Crippen molar-refractivity contribution < 1.29 is 13.9 Å². The molecule has 0 saturated carbocycles. The van der Waals surface area contributed by atoms with E-state index in [-0.39, 0.29) is 11.1 Å². The maximum absolute atomic E-state index is 6.46. The zero-order valence-electron chi connectivity index (χ0n) is 21.1. The van der Waals surface area contributed by atoms with Crippen molar-refractivity contribution in [1.29, 1.82) is 0 Å². The van der Waals surface area contributed by atoms with Crippen molar-refractivity contribution in [3.8, 4) is 5.75 Å².